The highest BCUT2D eigenvalue weighted by atomic mass is 35.5. The number of hydrogen-bond acceptors (Lipinski definition) is 5. The molecule has 5 nitrogen and oxygen atoms in total. The lowest BCUT2D eigenvalue weighted by Crippen LogP contribution is -2.02. The molecule has 0 fully saturated rings. The number of ether oxygens (including phenoxy) is 1. The highest BCUT2D eigenvalue weighted by molar-refractivity contribution is 7.15. The fourth-order valence-corrected chi connectivity index (χ4v) is 3.15. The molecule has 0 saturated carbocycles. The van der Waals surface area contributed by atoms with Gasteiger partial charge in [-0.05, 0) is 19.1 Å². The van der Waals surface area contributed by atoms with Crippen LogP contribution < -0.4 is 10.1 Å². The molecule has 0 aliphatic carbocycles. The molecule has 120 valence electrons. The van der Waals surface area contributed by atoms with Crippen LogP contribution in [0.3, 0.4) is 0 Å². The number of halogens is 1. The summed E-state index contributed by atoms with van der Waals surface area (Å²) in [4.78, 5) is 5.12. The highest BCUT2D eigenvalue weighted by Gasteiger charge is 2.07. The van der Waals surface area contributed by atoms with Crippen molar-refractivity contribution in [3.05, 3.63) is 57.3 Å². The monoisotopic (exact) mass is 348 g/mol. The molecule has 23 heavy (non-hydrogen) atoms. The van der Waals surface area contributed by atoms with Gasteiger partial charge in [-0.15, -0.1) is 11.3 Å². The normalized spacial score (nSPS) is 10.7. The van der Waals surface area contributed by atoms with Gasteiger partial charge in [-0.3, -0.25) is 4.68 Å². The summed E-state index contributed by atoms with van der Waals surface area (Å²) in [6.07, 6.45) is 3.76. The van der Waals surface area contributed by atoms with E-state index in [0.29, 0.717) is 17.6 Å². The molecule has 2 heterocycles. The fraction of sp³-hybridized carbons (Fsp3) is 0.250. The minimum Gasteiger partial charge on any atom is -0.487 e. The van der Waals surface area contributed by atoms with E-state index in [1.807, 2.05) is 44.4 Å². The second-order valence-corrected chi connectivity index (χ2v) is 6.83. The van der Waals surface area contributed by atoms with Crippen LogP contribution in [0.1, 0.15) is 16.1 Å². The van der Waals surface area contributed by atoms with Gasteiger partial charge in [0, 0.05) is 29.9 Å². The van der Waals surface area contributed by atoms with Gasteiger partial charge in [-0.2, -0.15) is 5.10 Å². The fourth-order valence-electron chi connectivity index (χ4n) is 2.23. The maximum Gasteiger partial charge on any atom is 0.183 e. The van der Waals surface area contributed by atoms with Gasteiger partial charge in [0.1, 0.15) is 12.4 Å². The van der Waals surface area contributed by atoms with Gasteiger partial charge >= 0.3 is 0 Å². The molecule has 3 rings (SSSR count). The number of aromatic nitrogens is 3. The first-order valence-corrected chi connectivity index (χ1v) is 8.36. The Kier molecular flexibility index (Phi) is 4.83. The van der Waals surface area contributed by atoms with E-state index >= 15 is 0 Å². The van der Waals surface area contributed by atoms with Gasteiger partial charge in [0.05, 0.1) is 17.9 Å². The van der Waals surface area contributed by atoms with Crippen molar-refractivity contribution >= 4 is 28.6 Å². The molecule has 1 aromatic carbocycles. The van der Waals surface area contributed by atoms with Crippen molar-refractivity contribution in [2.75, 3.05) is 5.32 Å². The lowest BCUT2D eigenvalue weighted by Gasteiger charge is -2.12. The van der Waals surface area contributed by atoms with E-state index < -0.39 is 0 Å². The number of benzene rings is 1. The molecular weight excluding hydrogens is 332 g/mol. The molecule has 0 saturated heterocycles. The van der Waals surface area contributed by atoms with Crippen molar-refractivity contribution < 1.29 is 4.74 Å². The van der Waals surface area contributed by atoms with Gasteiger partial charge in [0.15, 0.2) is 4.47 Å². The zero-order valence-corrected chi connectivity index (χ0v) is 14.5. The van der Waals surface area contributed by atoms with Crippen molar-refractivity contribution in [1.82, 2.24) is 14.8 Å². The smallest absolute Gasteiger partial charge is 0.183 e. The third kappa shape index (κ3) is 4.03. The molecule has 0 aliphatic heterocycles. The largest absolute Gasteiger partial charge is 0.487 e. The SMILES string of the molecule is Cc1nn(C)cc1COc1ccccc1NCc1cnc(Cl)s1. The van der Waals surface area contributed by atoms with E-state index in [9.17, 15) is 0 Å². The van der Waals surface area contributed by atoms with E-state index in [1.54, 1.807) is 10.9 Å². The Morgan fingerprint density at radius 1 is 1.35 bits per heavy atom. The average Bonchev–Trinajstić information content (AvgIpc) is 3.09. The number of rotatable bonds is 6. The van der Waals surface area contributed by atoms with Gasteiger partial charge in [0.2, 0.25) is 0 Å². The molecular formula is C16H17ClN4OS. The molecule has 0 radical (unpaired) electrons. The first-order chi connectivity index (χ1) is 11.1. The van der Waals surface area contributed by atoms with Crippen molar-refractivity contribution in [2.45, 2.75) is 20.1 Å². The molecule has 2 aromatic heterocycles. The van der Waals surface area contributed by atoms with Crippen LogP contribution in [0.4, 0.5) is 5.69 Å². The second-order valence-electron chi connectivity index (χ2n) is 5.13. The van der Waals surface area contributed by atoms with Crippen LogP contribution >= 0.6 is 22.9 Å². The number of hydrogen-bond donors (Lipinski definition) is 1. The van der Waals surface area contributed by atoms with Gasteiger partial charge in [0.25, 0.3) is 0 Å². The highest BCUT2D eigenvalue weighted by Crippen LogP contribution is 2.26. The minimum atomic E-state index is 0.491. The molecule has 0 atom stereocenters. The Hall–Kier alpha value is -2.05. The van der Waals surface area contributed by atoms with Gasteiger partial charge in [-0.25, -0.2) is 4.98 Å². The molecule has 0 unspecified atom stereocenters. The summed E-state index contributed by atoms with van der Waals surface area (Å²) in [5.74, 6) is 0.811. The number of nitrogens with one attached hydrogen (secondary N) is 1. The van der Waals surface area contributed by atoms with E-state index in [2.05, 4.69) is 15.4 Å². The molecule has 0 bridgehead atoms. The lowest BCUT2D eigenvalue weighted by atomic mass is 10.2. The molecule has 0 spiro atoms. The van der Waals surface area contributed by atoms with E-state index in [1.165, 1.54) is 11.3 Å². The number of anilines is 1. The average molecular weight is 349 g/mol. The van der Waals surface area contributed by atoms with Crippen LogP contribution in [0.25, 0.3) is 0 Å². The molecule has 1 N–H and O–H groups in total. The Bertz CT molecular complexity index is 799. The van der Waals surface area contributed by atoms with Crippen molar-refractivity contribution in [2.24, 2.45) is 7.05 Å². The van der Waals surface area contributed by atoms with Crippen LogP contribution in [0, 0.1) is 6.92 Å². The Morgan fingerprint density at radius 3 is 2.87 bits per heavy atom. The maximum absolute atomic E-state index is 5.96. The minimum absolute atomic E-state index is 0.491. The quantitative estimate of drug-likeness (QED) is 0.730. The zero-order valence-electron chi connectivity index (χ0n) is 12.9. The van der Waals surface area contributed by atoms with Crippen molar-refractivity contribution in [3.63, 3.8) is 0 Å². The first kappa shape index (κ1) is 15.8. The Morgan fingerprint density at radius 2 is 2.17 bits per heavy atom. The predicted molar refractivity (Wildman–Crippen MR) is 93.2 cm³/mol. The topological polar surface area (TPSA) is 52.0 Å². The number of nitrogens with zero attached hydrogens (tertiary/aromatic N) is 3. The first-order valence-electron chi connectivity index (χ1n) is 7.17. The maximum atomic E-state index is 5.96. The third-order valence-electron chi connectivity index (χ3n) is 3.36. The van der Waals surface area contributed by atoms with Crippen LogP contribution in [0.15, 0.2) is 36.7 Å². The predicted octanol–water partition coefficient (Wildman–Crippen LogP) is 4.03. The number of para-hydroxylation sites is 2. The van der Waals surface area contributed by atoms with Crippen LogP contribution in [-0.4, -0.2) is 14.8 Å². The molecule has 0 amide bonds. The summed E-state index contributed by atoms with van der Waals surface area (Å²) in [7, 11) is 1.91. The van der Waals surface area contributed by atoms with Crippen LogP contribution in [-0.2, 0) is 20.2 Å². The Labute approximate surface area is 143 Å². The van der Waals surface area contributed by atoms with Crippen LogP contribution in [0.5, 0.6) is 5.75 Å². The summed E-state index contributed by atoms with van der Waals surface area (Å²) in [5, 5.41) is 7.69. The van der Waals surface area contributed by atoms with Crippen molar-refractivity contribution in [3.8, 4) is 5.75 Å². The van der Waals surface area contributed by atoms with Crippen LogP contribution in [0.2, 0.25) is 4.47 Å². The third-order valence-corrected chi connectivity index (χ3v) is 4.48. The summed E-state index contributed by atoms with van der Waals surface area (Å²) < 4.78 is 8.31. The van der Waals surface area contributed by atoms with Gasteiger partial charge in [-0.1, -0.05) is 23.7 Å². The van der Waals surface area contributed by atoms with Crippen molar-refractivity contribution in [1.29, 1.82) is 0 Å². The second kappa shape index (κ2) is 7.02. The van der Waals surface area contributed by atoms with E-state index in [-0.39, 0.29) is 0 Å². The lowest BCUT2D eigenvalue weighted by molar-refractivity contribution is 0.307. The molecule has 7 heteroatoms. The van der Waals surface area contributed by atoms with E-state index in [0.717, 1.165) is 27.6 Å². The number of aryl methyl sites for hydroxylation is 2. The Balaban J connectivity index is 1.66. The standard InChI is InChI=1S/C16H17ClN4OS/c1-11-12(9-21(2)20-11)10-22-15-6-4-3-5-14(15)18-7-13-8-19-16(17)23-13/h3-6,8-9,18H,7,10H2,1-2H3. The molecule has 0 aliphatic rings. The zero-order chi connectivity index (χ0) is 16.2. The van der Waals surface area contributed by atoms with Gasteiger partial charge < -0.3 is 10.1 Å². The number of thiazole rings is 1. The summed E-state index contributed by atoms with van der Waals surface area (Å²) in [6.45, 7) is 3.14. The van der Waals surface area contributed by atoms with E-state index in [4.69, 9.17) is 16.3 Å². The summed E-state index contributed by atoms with van der Waals surface area (Å²) in [5.41, 5.74) is 3.01. The molecule has 3 aromatic rings. The summed E-state index contributed by atoms with van der Waals surface area (Å²) >= 11 is 7.32. The summed E-state index contributed by atoms with van der Waals surface area (Å²) in [6, 6.07) is 7.88.